The molecule has 1 heterocycles. The van der Waals surface area contributed by atoms with Gasteiger partial charge >= 0.3 is 0 Å². The summed E-state index contributed by atoms with van der Waals surface area (Å²) in [7, 11) is 0. The summed E-state index contributed by atoms with van der Waals surface area (Å²) < 4.78 is 1.24. The molecule has 0 saturated heterocycles. The van der Waals surface area contributed by atoms with E-state index in [4.69, 9.17) is 0 Å². The summed E-state index contributed by atoms with van der Waals surface area (Å²) in [5.41, 5.74) is 1.82. The van der Waals surface area contributed by atoms with Crippen LogP contribution in [-0.2, 0) is 0 Å². The van der Waals surface area contributed by atoms with E-state index in [9.17, 15) is 0 Å². The van der Waals surface area contributed by atoms with Crippen LogP contribution in [0.3, 0.4) is 0 Å². The van der Waals surface area contributed by atoms with E-state index in [1.165, 1.54) is 27.1 Å². The average molecular weight is 318 g/mol. The molecule has 1 unspecified atom stereocenters. The smallest absolute Gasteiger partial charge is 0.0704 e. The summed E-state index contributed by atoms with van der Waals surface area (Å²) in [6.07, 6.45) is 2.36. The molecule has 1 atom stereocenters. The molecule has 0 fully saturated rings. The minimum absolute atomic E-state index is 0.353. The SMILES string of the molecule is CCCNC(CC(C)(C)C)c1cc(Br)sc1C. The fourth-order valence-electron chi connectivity index (χ4n) is 2.03. The quantitative estimate of drug-likeness (QED) is 0.777. The Hall–Kier alpha value is 0.140. The maximum atomic E-state index is 3.68. The van der Waals surface area contributed by atoms with Crippen molar-refractivity contribution < 1.29 is 0 Å². The number of hydrogen-bond acceptors (Lipinski definition) is 2. The second kappa shape index (κ2) is 6.35. The molecule has 0 amide bonds. The predicted octanol–water partition coefficient (Wildman–Crippen LogP) is 5.30. The average Bonchev–Trinajstić information content (AvgIpc) is 2.50. The maximum absolute atomic E-state index is 3.68. The highest BCUT2D eigenvalue weighted by atomic mass is 79.9. The zero-order valence-corrected chi connectivity index (χ0v) is 14.0. The summed E-state index contributed by atoms with van der Waals surface area (Å²) in [5, 5.41) is 3.68. The lowest BCUT2D eigenvalue weighted by molar-refractivity contribution is 0.311. The molecule has 0 radical (unpaired) electrons. The van der Waals surface area contributed by atoms with Gasteiger partial charge in [-0.25, -0.2) is 0 Å². The highest BCUT2D eigenvalue weighted by molar-refractivity contribution is 9.11. The fourth-order valence-corrected chi connectivity index (χ4v) is 3.80. The number of hydrogen-bond donors (Lipinski definition) is 1. The van der Waals surface area contributed by atoms with Crippen molar-refractivity contribution in [3.8, 4) is 0 Å². The number of aryl methyl sites for hydroxylation is 1. The fraction of sp³-hybridized carbons (Fsp3) is 0.714. The Morgan fingerprint density at radius 2 is 2.06 bits per heavy atom. The first kappa shape index (κ1) is 15.2. The van der Waals surface area contributed by atoms with Gasteiger partial charge in [-0.05, 0) is 59.3 Å². The van der Waals surface area contributed by atoms with Crippen LogP contribution in [-0.4, -0.2) is 6.54 Å². The first-order valence-electron chi connectivity index (χ1n) is 6.32. The van der Waals surface area contributed by atoms with Crippen molar-refractivity contribution in [2.45, 2.75) is 53.5 Å². The van der Waals surface area contributed by atoms with Crippen LogP contribution < -0.4 is 5.32 Å². The van der Waals surface area contributed by atoms with Crippen molar-refractivity contribution in [3.63, 3.8) is 0 Å². The van der Waals surface area contributed by atoms with E-state index in [1.807, 2.05) is 11.3 Å². The van der Waals surface area contributed by atoms with E-state index >= 15 is 0 Å². The van der Waals surface area contributed by atoms with Crippen LogP contribution in [0.1, 0.15) is 57.0 Å². The van der Waals surface area contributed by atoms with Crippen LogP contribution in [0.5, 0.6) is 0 Å². The van der Waals surface area contributed by atoms with Gasteiger partial charge in [-0.2, -0.15) is 0 Å². The van der Waals surface area contributed by atoms with Crippen LogP contribution in [0.2, 0.25) is 0 Å². The molecule has 0 saturated carbocycles. The summed E-state index contributed by atoms with van der Waals surface area (Å²) in [5.74, 6) is 0. The molecule has 3 heteroatoms. The van der Waals surface area contributed by atoms with Crippen molar-refractivity contribution in [3.05, 3.63) is 20.3 Å². The van der Waals surface area contributed by atoms with Crippen LogP contribution in [0.25, 0.3) is 0 Å². The number of rotatable bonds is 5. The van der Waals surface area contributed by atoms with Crippen LogP contribution >= 0.6 is 27.3 Å². The van der Waals surface area contributed by atoms with Gasteiger partial charge in [0.2, 0.25) is 0 Å². The van der Waals surface area contributed by atoms with E-state index in [1.54, 1.807) is 0 Å². The van der Waals surface area contributed by atoms with Crippen molar-refractivity contribution in [1.29, 1.82) is 0 Å². The molecule has 0 aliphatic rings. The Kier molecular flexibility index (Phi) is 5.68. The zero-order chi connectivity index (χ0) is 13.1. The molecule has 1 aromatic rings. The summed E-state index contributed by atoms with van der Waals surface area (Å²) >= 11 is 5.42. The van der Waals surface area contributed by atoms with E-state index in [2.05, 4.69) is 61.9 Å². The molecule has 17 heavy (non-hydrogen) atoms. The van der Waals surface area contributed by atoms with Gasteiger partial charge in [-0.15, -0.1) is 11.3 Å². The Morgan fingerprint density at radius 1 is 1.41 bits per heavy atom. The maximum Gasteiger partial charge on any atom is 0.0704 e. The largest absolute Gasteiger partial charge is 0.310 e. The monoisotopic (exact) mass is 317 g/mol. The number of thiophene rings is 1. The molecule has 0 aliphatic carbocycles. The summed E-state index contributed by atoms with van der Waals surface area (Å²) in [6, 6.07) is 2.76. The Labute approximate surface area is 118 Å². The molecular weight excluding hydrogens is 294 g/mol. The van der Waals surface area contributed by atoms with E-state index in [-0.39, 0.29) is 0 Å². The van der Waals surface area contributed by atoms with Crippen LogP contribution in [0.4, 0.5) is 0 Å². The molecule has 0 aromatic carbocycles. The Balaban J connectivity index is 2.85. The molecular formula is C14H24BrNS. The van der Waals surface area contributed by atoms with Gasteiger partial charge in [0.15, 0.2) is 0 Å². The second-order valence-electron chi connectivity index (χ2n) is 5.83. The Morgan fingerprint density at radius 3 is 2.47 bits per heavy atom. The van der Waals surface area contributed by atoms with Gasteiger partial charge in [0, 0.05) is 10.9 Å². The molecule has 1 nitrogen and oxygen atoms in total. The lowest BCUT2D eigenvalue weighted by atomic mass is 9.85. The van der Waals surface area contributed by atoms with Gasteiger partial charge in [-0.1, -0.05) is 27.7 Å². The standard InChI is InChI=1S/C14H24BrNS/c1-6-7-16-12(9-14(3,4)5)11-8-13(15)17-10(11)2/h8,12,16H,6-7,9H2,1-5H3. The summed E-state index contributed by atoms with van der Waals surface area (Å²) in [4.78, 5) is 1.43. The number of halogens is 1. The van der Waals surface area contributed by atoms with Gasteiger partial charge in [-0.3, -0.25) is 0 Å². The first-order chi connectivity index (χ1) is 7.83. The molecule has 1 N–H and O–H groups in total. The minimum Gasteiger partial charge on any atom is -0.310 e. The minimum atomic E-state index is 0.353. The van der Waals surface area contributed by atoms with Crippen molar-refractivity contribution in [2.24, 2.45) is 5.41 Å². The lowest BCUT2D eigenvalue weighted by Gasteiger charge is -2.27. The predicted molar refractivity (Wildman–Crippen MR) is 81.9 cm³/mol. The third kappa shape index (κ3) is 5.11. The van der Waals surface area contributed by atoms with Crippen LogP contribution in [0.15, 0.2) is 9.85 Å². The van der Waals surface area contributed by atoms with Gasteiger partial charge in [0.1, 0.15) is 0 Å². The normalized spacial score (nSPS) is 14.0. The van der Waals surface area contributed by atoms with E-state index in [0.29, 0.717) is 11.5 Å². The van der Waals surface area contributed by atoms with E-state index < -0.39 is 0 Å². The van der Waals surface area contributed by atoms with Crippen molar-refractivity contribution in [1.82, 2.24) is 5.32 Å². The highest BCUT2D eigenvalue weighted by Crippen LogP contribution is 2.36. The first-order valence-corrected chi connectivity index (χ1v) is 7.93. The summed E-state index contributed by atoms with van der Waals surface area (Å²) in [6.45, 7) is 12.5. The van der Waals surface area contributed by atoms with Crippen molar-refractivity contribution in [2.75, 3.05) is 6.54 Å². The third-order valence-electron chi connectivity index (χ3n) is 2.76. The lowest BCUT2D eigenvalue weighted by Crippen LogP contribution is -2.26. The molecule has 1 rings (SSSR count). The van der Waals surface area contributed by atoms with Crippen molar-refractivity contribution >= 4 is 27.3 Å². The van der Waals surface area contributed by atoms with E-state index in [0.717, 1.165) is 6.54 Å². The van der Waals surface area contributed by atoms with Gasteiger partial charge in [0.25, 0.3) is 0 Å². The molecule has 0 bridgehead atoms. The highest BCUT2D eigenvalue weighted by Gasteiger charge is 2.22. The zero-order valence-electron chi connectivity index (χ0n) is 11.6. The topological polar surface area (TPSA) is 12.0 Å². The third-order valence-corrected chi connectivity index (χ3v) is 4.33. The van der Waals surface area contributed by atoms with Gasteiger partial charge < -0.3 is 5.32 Å². The second-order valence-corrected chi connectivity index (χ2v) is 8.47. The molecule has 0 spiro atoms. The van der Waals surface area contributed by atoms with Gasteiger partial charge in [0.05, 0.1) is 3.79 Å². The van der Waals surface area contributed by atoms with Crippen LogP contribution in [0, 0.1) is 12.3 Å². The molecule has 98 valence electrons. The molecule has 0 aliphatic heterocycles. The Bertz CT molecular complexity index is 352. The molecule has 1 aromatic heterocycles. The number of nitrogens with one attached hydrogen (secondary N) is 1.